The summed E-state index contributed by atoms with van der Waals surface area (Å²) in [6.07, 6.45) is 8.32. The van der Waals surface area contributed by atoms with Gasteiger partial charge in [0.15, 0.2) is 5.84 Å². The van der Waals surface area contributed by atoms with E-state index in [0.29, 0.717) is 5.84 Å². The van der Waals surface area contributed by atoms with Gasteiger partial charge < -0.3 is 5.73 Å². The van der Waals surface area contributed by atoms with Crippen LogP contribution >= 0.6 is 0 Å². The zero-order chi connectivity index (χ0) is 10.4. The normalized spacial score (nSPS) is 11.9. The van der Waals surface area contributed by atoms with Gasteiger partial charge in [-0.05, 0) is 13.0 Å². The number of rotatable bonds is 2. The fourth-order valence-corrected chi connectivity index (χ4v) is 0.882. The summed E-state index contributed by atoms with van der Waals surface area (Å²) in [5.41, 5.74) is 6.11. The third-order valence-corrected chi connectivity index (χ3v) is 1.45. The van der Waals surface area contributed by atoms with Gasteiger partial charge in [0, 0.05) is 12.2 Å². The molecule has 2 N–H and O–H groups in total. The van der Waals surface area contributed by atoms with E-state index >= 15 is 0 Å². The Bertz CT molecular complexity index is 394. The van der Waals surface area contributed by atoms with Crippen molar-refractivity contribution in [3.8, 4) is 12.5 Å². The van der Waals surface area contributed by atoms with Gasteiger partial charge in [-0.1, -0.05) is 6.42 Å². The number of aryl methyl sites for hydroxylation is 1. The molecule has 72 valence electrons. The lowest BCUT2D eigenvalue weighted by atomic mass is 10.5. The second-order valence-corrected chi connectivity index (χ2v) is 2.50. The topological polar surface area (TPSA) is 68.6 Å². The van der Waals surface area contributed by atoms with E-state index in [0.717, 1.165) is 5.69 Å². The maximum atomic E-state index is 5.22. The predicted molar refractivity (Wildman–Crippen MR) is 56.2 cm³/mol. The van der Waals surface area contributed by atoms with E-state index in [9.17, 15) is 0 Å². The lowest BCUT2D eigenvalue weighted by Crippen LogP contribution is -2.15. The van der Waals surface area contributed by atoms with Gasteiger partial charge in [-0.2, -0.15) is 10.1 Å². The van der Waals surface area contributed by atoms with Gasteiger partial charge in [0.05, 0.1) is 18.6 Å². The smallest absolute Gasteiger partial charge is 0.181 e. The van der Waals surface area contributed by atoms with Crippen LogP contribution < -0.4 is 5.73 Å². The fourth-order valence-electron chi connectivity index (χ4n) is 0.882. The molecule has 0 saturated heterocycles. The molecule has 0 atom stereocenters. The predicted octanol–water partition coefficient (Wildman–Crippen LogP) is 0.0158. The van der Waals surface area contributed by atoms with E-state index in [1.54, 1.807) is 10.9 Å². The van der Waals surface area contributed by atoms with Gasteiger partial charge in [0.2, 0.25) is 0 Å². The minimum atomic E-state index is 0.198. The molecule has 0 aliphatic carbocycles. The maximum absolute atomic E-state index is 5.22. The molecule has 0 spiro atoms. The molecule has 0 bridgehead atoms. The van der Waals surface area contributed by atoms with Crippen molar-refractivity contribution in [2.24, 2.45) is 15.7 Å². The Kier molecular flexibility index (Phi) is 3.58. The van der Waals surface area contributed by atoms with Crippen LogP contribution in [0.3, 0.4) is 0 Å². The molecule has 0 aromatic carbocycles. The molecule has 5 heteroatoms. The highest BCUT2D eigenvalue weighted by Gasteiger charge is 1.99. The Morgan fingerprint density at radius 3 is 3.14 bits per heavy atom. The minimum absolute atomic E-state index is 0.198. The number of aliphatic imine (C=N–C) groups is 2. The van der Waals surface area contributed by atoms with Crippen molar-refractivity contribution < 1.29 is 0 Å². The second kappa shape index (κ2) is 4.94. The van der Waals surface area contributed by atoms with Gasteiger partial charge in [0.25, 0.3) is 0 Å². The molecule has 5 nitrogen and oxygen atoms in total. The zero-order valence-corrected chi connectivity index (χ0v) is 7.88. The Balaban J connectivity index is 2.96. The first-order valence-electron chi connectivity index (χ1n) is 4.03. The quantitative estimate of drug-likeness (QED) is 0.404. The van der Waals surface area contributed by atoms with Crippen LogP contribution in [-0.4, -0.2) is 28.5 Å². The van der Waals surface area contributed by atoms with E-state index in [4.69, 9.17) is 12.2 Å². The van der Waals surface area contributed by atoms with Crippen LogP contribution in [0.5, 0.6) is 0 Å². The summed E-state index contributed by atoms with van der Waals surface area (Å²) in [6, 6.07) is 4.03. The number of hydrogen-bond acceptors (Lipinski definition) is 4. The molecule has 1 aromatic rings. The summed E-state index contributed by atoms with van der Waals surface area (Å²) in [5, 5.41) is 4.14. The molecule has 1 aromatic heterocycles. The van der Waals surface area contributed by atoms with E-state index in [1.807, 2.05) is 13.0 Å². The summed E-state index contributed by atoms with van der Waals surface area (Å²) >= 11 is 0. The molecule has 0 aliphatic rings. The Hall–Kier alpha value is -1.93. The van der Waals surface area contributed by atoms with Gasteiger partial charge in [-0.15, -0.1) is 0 Å². The highest BCUT2D eigenvalue weighted by Crippen LogP contribution is 1.92. The van der Waals surface area contributed by atoms with Crippen LogP contribution in [0.2, 0.25) is 0 Å². The molecule has 1 rings (SSSR count). The highest BCUT2D eigenvalue weighted by molar-refractivity contribution is 6.30. The zero-order valence-electron chi connectivity index (χ0n) is 7.88. The van der Waals surface area contributed by atoms with Crippen molar-refractivity contribution in [2.45, 2.75) is 6.92 Å². The van der Waals surface area contributed by atoms with Crippen molar-refractivity contribution >= 4 is 12.1 Å². The standard InChI is InChI=1S/C9H11N5/c1-3-12-9(6-11-7-10)14-5-4-8(2)13-14/h1,4-6H,7,10H2,2H3. The van der Waals surface area contributed by atoms with Gasteiger partial charge in [0.1, 0.15) is 0 Å². The molecule has 0 saturated carbocycles. The maximum Gasteiger partial charge on any atom is 0.181 e. The number of terminal acetylenes is 1. The number of aromatic nitrogens is 2. The van der Waals surface area contributed by atoms with Crippen molar-refractivity contribution in [2.75, 3.05) is 6.67 Å². The minimum Gasteiger partial charge on any atom is -0.312 e. The highest BCUT2D eigenvalue weighted by atomic mass is 15.3. The fraction of sp³-hybridized carbons (Fsp3) is 0.222. The lowest BCUT2D eigenvalue weighted by molar-refractivity contribution is 0.920. The van der Waals surface area contributed by atoms with Crippen LogP contribution in [0.1, 0.15) is 5.69 Å². The van der Waals surface area contributed by atoms with Crippen molar-refractivity contribution in [3.05, 3.63) is 18.0 Å². The van der Waals surface area contributed by atoms with Crippen LogP contribution in [0, 0.1) is 19.4 Å². The van der Waals surface area contributed by atoms with E-state index in [-0.39, 0.29) is 6.67 Å². The monoisotopic (exact) mass is 189 g/mol. The summed E-state index contributed by atoms with van der Waals surface area (Å²) < 4.78 is 1.55. The van der Waals surface area contributed by atoms with Crippen LogP contribution in [-0.2, 0) is 0 Å². The van der Waals surface area contributed by atoms with Crippen molar-refractivity contribution in [3.63, 3.8) is 0 Å². The number of hydrogen-bond donors (Lipinski definition) is 1. The molecule has 0 unspecified atom stereocenters. The van der Waals surface area contributed by atoms with Crippen LogP contribution in [0.25, 0.3) is 0 Å². The third-order valence-electron chi connectivity index (χ3n) is 1.45. The second-order valence-electron chi connectivity index (χ2n) is 2.50. The first kappa shape index (κ1) is 10.2. The average Bonchev–Trinajstić information content (AvgIpc) is 2.59. The van der Waals surface area contributed by atoms with E-state index < -0.39 is 0 Å². The first-order valence-corrected chi connectivity index (χ1v) is 4.03. The largest absolute Gasteiger partial charge is 0.312 e. The molecule has 1 heterocycles. The number of nitrogens with two attached hydrogens (primary N) is 1. The van der Waals surface area contributed by atoms with Gasteiger partial charge in [-0.3, -0.25) is 4.99 Å². The lowest BCUT2D eigenvalue weighted by Gasteiger charge is -1.96. The third kappa shape index (κ3) is 2.54. The molecular formula is C9H11N5. The SMILES string of the molecule is C#CN=C(C=NCN)n1ccc(C)n1. The van der Waals surface area contributed by atoms with Crippen LogP contribution in [0.15, 0.2) is 22.2 Å². The van der Waals surface area contributed by atoms with Crippen LogP contribution in [0.4, 0.5) is 0 Å². The Morgan fingerprint density at radius 2 is 2.64 bits per heavy atom. The molecule has 0 aliphatic heterocycles. The van der Waals surface area contributed by atoms with Crippen molar-refractivity contribution in [1.82, 2.24) is 9.78 Å². The molecule has 0 fully saturated rings. The van der Waals surface area contributed by atoms with Crippen molar-refractivity contribution in [1.29, 1.82) is 0 Å². The van der Waals surface area contributed by atoms with Gasteiger partial charge in [-0.25, -0.2) is 4.68 Å². The molecular weight excluding hydrogens is 178 g/mol. The molecule has 14 heavy (non-hydrogen) atoms. The van der Waals surface area contributed by atoms with Gasteiger partial charge >= 0.3 is 0 Å². The Labute approximate surface area is 82.4 Å². The van der Waals surface area contributed by atoms with E-state index in [1.165, 1.54) is 6.21 Å². The summed E-state index contributed by atoms with van der Waals surface area (Å²) in [6.45, 7) is 2.08. The van der Waals surface area contributed by atoms with E-state index in [2.05, 4.69) is 21.1 Å². The summed E-state index contributed by atoms with van der Waals surface area (Å²) in [4.78, 5) is 7.63. The Morgan fingerprint density at radius 1 is 1.86 bits per heavy atom. The first-order chi connectivity index (χ1) is 6.77. The summed E-state index contributed by atoms with van der Waals surface area (Å²) in [5.74, 6) is 0.478. The molecule has 0 radical (unpaired) electrons. The summed E-state index contributed by atoms with van der Waals surface area (Å²) in [7, 11) is 0. The number of nitrogens with zero attached hydrogens (tertiary/aromatic N) is 4. The molecule has 0 amide bonds. The average molecular weight is 189 g/mol.